The van der Waals surface area contributed by atoms with Crippen molar-refractivity contribution in [2.75, 3.05) is 17.1 Å². The van der Waals surface area contributed by atoms with Crippen LogP contribution in [-0.4, -0.2) is 39.3 Å². The van der Waals surface area contributed by atoms with Crippen molar-refractivity contribution < 1.29 is 17.9 Å². The van der Waals surface area contributed by atoms with Crippen molar-refractivity contribution in [2.24, 2.45) is 0 Å². The number of hydrogen-bond acceptors (Lipinski definition) is 4. The molecule has 0 saturated heterocycles. The smallest absolute Gasteiger partial charge is 0.243 e. The summed E-state index contributed by atoms with van der Waals surface area (Å²) < 4.78 is 31.6. The van der Waals surface area contributed by atoms with E-state index >= 15 is 0 Å². The number of rotatable bonds is 11. The zero-order valence-corrected chi connectivity index (χ0v) is 19.0. The Balaban J connectivity index is 1.93. The first-order chi connectivity index (χ1) is 14.2. The minimum Gasteiger partial charge on any atom is -0.491 e. The fourth-order valence-corrected chi connectivity index (χ4v) is 4.48. The third kappa shape index (κ3) is 7.06. The first kappa shape index (κ1) is 23.7. The van der Waals surface area contributed by atoms with Crippen LogP contribution in [0.3, 0.4) is 0 Å². The Morgan fingerprint density at radius 3 is 2.23 bits per heavy atom. The van der Waals surface area contributed by atoms with E-state index < -0.39 is 16.1 Å². The molecular weight excluding hydrogens is 400 g/mol. The predicted octanol–water partition coefficient (Wildman–Crippen LogP) is 3.77. The molecule has 1 atom stereocenters. The summed E-state index contributed by atoms with van der Waals surface area (Å²) in [4.78, 5) is 12.8. The summed E-state index contributed by atoms with van der Waals surface area (Å²) in [7, 11) is -3.60. The van der Waals surface area contributed by atoms with Crippen molar-refractivity contribution in [3.63, 3.8) is 0 Å². The zero-order chi connectivity index (χ0) is 22.1. The molecule has 0 fully saturated rings. The van der Waals surface area contributed by atoms with Gasteiger partial charge in [0.05, 0.1) is 18.0 Å². The van der Waals surface area contributed by atoms with Gasteiger partial charge in [-0.2, -0.15) is 0 Å². The predicted molar refractivity (Wildman–Crippen MR) is 121 cm³/mol. The molecule has 0 saturated carbocycles. The molecule has 2 aromatic carbocycles. The van der Waals surface area contributed by atoms with Gasteiger partial charge in [-0.05, 0) is 62.9 Å². The summed E-state index contributed by atoms with van der Waals surface area (Å²) in [5.74, 6) is 0.557. The summed E-state index contributed by atoms with van der Waals surface area (Å²) >= 11 is 0. The molecule has 164 valence electrons. The van der Waals surface area contributed by atoms with Gasteiger partial charge in [0, 0.05) is 6.54 Å². The maximum absolute atomic E-state index is 12.8. The van der Waals surface area contributed by atoms with Crippen molar-refractivity contribution in [3.8, 4) is 5.75 Å². The molecule has 0 aliphatic carbocycles. The fourth-order valence-electron chi connectivity index (χ4n) is 3.26. The molecular formula is C23H32N2O4S. The third-order valence-electron chi connectivity index (χ3n) is 4.58. The van der Waals surface area contributed by atoms with E-state index in [4.69, 9.17) is 4.74 Å². The quantitative estimate of drug-likeness (QED) is 0.549. The van der Waals surface area contributed by atoms with E-state index in [9.17, 15) is 13.2 Å². The van der Waals surface area contributed by atoms with Crippen molar-refractivity contribution in [3.05, 3.63) is 60.2 Å². The van der Waals surface area contributed by atoms with E-state index in [-0.39, 0.29) is 12.0 Å². The van der Waals surface area contributed by atoms with E-state index in [1.165, 1.54) is 4.31 Å². The number of benzene rings is 2. The van der Waals surface area contributed by atoms with Gasteiger partial charge in [0.2, 0.25) is 15.9 Å². The molecule has 0 aliphatic rings. The molecule has 6 nitrogen and oxygen atoms in total. The molecule has 0 unspecified atom stereocenters. The molecule has 1 N–H and O–H groups in total. The largest absolute Gasteiger partial charge is 0.491 e. The normalized spacial score (nSPS) is 12.4. The molecule has 0 aromatic heterocycles. The minimum absolute atomic E-state index is 0.139. The van der Waals surface area contributed by atoms with Crippen LogP contribution in [0.5, 0.6) is 5.75 Å². The molecule has 0 spiro atoms. The van der Waals surface area contributed by atoms with Crippen LogP contribution in [0.2, 0.25) is 0 Å². The van der Waals surface area contributed by atoms with E-state index in [1.807, 2.05) is 51.1 Å². The van der Waals surface area contributed by atoms with Crippen molar-refractivity contribution in [1.29, 1.82) is 0 Å². The average molecular weight is 433 g/mol. The highest BCUT2D eigenvalue weighted by Crippen LogP contribution is 2.22. The number of amides is 1. The van der Waals surface area contributed by atoms with Gasteiger partial charge in [-0.15, -0.1) is 0 Å². The first-order valence-corrected chi connectivity index (χ1v) is 12.1. The number of aryl methyl sites for hydroxylation is 1. The van der Waals surface area contributed by atoms with Gasteiger partial charge >= 0.3 is 0 Å². The molecule has 7 heteroatoms. The maximum Gasteiger partial charge on any atom is 0.243 e. The lowest BCUT2D eigenvalue weighted by atomic mass is 10.1. The van der Waals surface area contributed by atoms with Crippen LogP contribution in [0.1, 0.15) is 39.2 Å². The number of ether oxygens (including phenoxy) is 1. The van der Waals surface area contributed by atoms with Gasteiger partial charge in [-0.1, -0.05) is 37.3 Å². The second-order valence-corrected chi connectivity index (χ2v) is 9.38. The highest BCUT2D eigenvalue weighted by atomic mass is 32.2. The van der Waals surface area contributed by atoms with E-state index in [0.29, 0.717) is 18.7 Å². The van der Waals surface area contributed by atoms with Gasteiger partial charge in [0.25, 0.3) is 0 Å². The summed E-state index contributed by atoms with van der Waals surface area (Å²) in [5, 5.41) is 2.89. The summed E-state index contributed by atoms with van der Waals surface area (Å²) in [5.41, 5.74) is 1.65. The standard InChI is InChI=1S/C23H32N2O4S/c1-5-22(25(30(4,27)28)20-11-7-6-8-12-20)23(26)24-17-9-10-19-13-15-21(16-14-19)29-18(2)3/h6-8,11-16,18,22H,5,9-10,17H2,1-4H3,(H,24,26)/t22-/m1/s1. The Kier molecular flexibility index (Phi) is 8.72. The second-order valence-electron chi connectivity index (χ2n) is 7.52. The van der Waals surface area contributed by atoms with Gasteiger partial charge < -0.3 is 10.1 Å². The topological polar surface area (TPSA) is 75.7 Å². The third-order valence-corrected chi connectivity index (χ3v) is 5.76. The van der Waals surface area contributed by atoms with Gasteiger partial charge in [0.1, 0.15) is 11.8 Å². The molecule has 2 aromatic rings. The van der Waals surface area contributed by atoms with E-state index in [1.54, 1.807) is 24.3 Å². The molecule has 2 rings (SSSR count). The lowest BCUT2D eigenvalue weighted by molar-refractivity contribution is -0.122. The van der Waals surface area contributed by atoms with Gasteiger partial charge in [-0.3, -0.25) is 9.10 Å². The van der Waals surface area contributed by atoms with Crippen molar-refractivity contribution >= 4 is 21.6 Å². The molecule has 1 amide bonds. The number of para-hydroxylation sites is 1. The van der Waals surface area contributed by atoms with Crippen LogP contribution in [0.25, 0.3) is 0 Å². The lowest BCUT2D eigenvalue weighted by Gasteiger charge is -2.30. The zero-order valence-electron chi connectivity index (χ0n) is 18.2. The Morgan fingerprint density at radius 1 is 1.07 bits per heavy atom. The lowest BCUT2D eigenvalue weighted by Crippen LogP contribution is -2.49. The van der Waals surface area contributed by atoms with E-state index in [2.05, 4.69) is 5.32 Å². The maximum atomic E-state index is 12.8. The minimum atomic E-state index is -3.60. The van der Waals surface area contributed by atoms with E-state index in [0.717, 1.165) is 30.4 Å². The SMILES string of the molecule is CC[C@H](C(=O)NCCCc1ccc(OC(C)C)cc1)N(c1ccccc1)S(C)(=O)=O. The molecule has 30 heavy (non-hydrogen) atoms. The van der Waals surface area contributed by atoms with Gasteiger partial charge in [0.15, 0.2) is 0 Å². The number of hydrogen-bond donors (Lipinski definition) is 1. The van der Waals surface area contributed by atoms with Crippen LogP contribution in [0.4, 0.5) is 5.69 Å². The highest BCUT2D eigenvalue weighted by molar-refractivity contribution is 7.92. The molecule has 0 bridgehead atoms. The Morgan fingerprint density at radius 2 is 1.70 bits per heavy atom. The monoisotopic (exact) mass is 432 g/mol. The van der Waals surface area contributed by atoms with Crippen molar-refractivity contribution in [2.45, 2.75) is 52.2 Å². The summed E-state index contributed by atoms with van der Waals surface area (Å²) in [6, 6.07) is 15.9. The Bertz CT molecular complexity index is 897. The average Bonchev–Trinajstić information content (AvgIpc) is 2.69. The highest BCUT2D eigenvalue weighted by Gasteiger charge is 2.31. The number of nitrogens with zero attached hydrogens (tertiary/aromatic N) is 1. The van der Waals surface area contributed by atoms with Gasteiger partial charge in [-0.25, -0.2) is 8.42 Å². The van der Waals surface area contributed by atoms with Crippen molar-refractivity contribution in [1.82, 2.24) is 5.32 Å². The van der Waals surface area contributed by atoms with Crippen LogP contribution < -0.4 is 14.4 Å². The van der Waals surface area contributed by atoms with Crippen LogP contribution >= 0.6 is 0 Å². The number of nitrogens with one attached hydrogen (secondary N) is 1. The fraction of sp³-hybridized carbons (Fsp3) is 0.435. The molecule has 0 aliphatic heterocycles. The first-order valence-electron chi connectivity index (χ1n) is 10.3. The Hall–Kier alpha value is -2.54. The number of sulfonamides is 1. The summed E-state index contributed by atoms with van der Waals surface area (Å²) in [6.07, 6.45) is 3.22. The molecule has 0 radical (unpaired) electrons. The number of carbonyl (C=O) groups excluding carboxylic acids is 1. The van der Waals surface area contributed by atoms with Crippen LogP contribution in [0.15, 0.2) is 54.6 Å². The Labute approximate surface area is 180 Å². The number of carbonyl (C=O) groups is 1. The van der Waals surface area contributed by atoms with Crippen LogP contribution in [-0.2, 0) is 21.2 Å². The second kappa shape index (κ2) is 11.0. The summed E-state index contributed by atoms with van der Waals surface area (Å²) in [6.45, 7) is 6.27. The number of anilines is 1. The van der Waals surface area contributed by atoms with Crippen LogP contribution in [0, 0.1) is 0 Å². The molecule has 0 heterocycles.